The van der Waals surface area contributed by atoms with Gasteiger partial charge in [-0.25, -0.2) is 4.98 Å². The third-order valence-corrected chi connectivity index (χ3v) is 2.14. The van der Waals surface area contributed by atoms with Gasteiger partial charge in [0.2, 0.25) is 0 Å². The van der Waals surface area contributed by atoms with E-state index in [-0.39, 0.29) is 5.03 Å². The Bertz CT molecular complexity index is 472. The minimum Gasteiger partial charge on any atom is -0.767 e. The SMILES string of the molecule is O=S([O-])c1cnc2ccccc2n1. The van der Waals surface area contributed by atoms with Gasteiger partial charge in [0.05, 0.1) is 17.2 Å². The smallest absolute Gasteiger partial charge is 0.132 e. The quantitative estimate of drug-likeness (QED) is 0.630. The molecule has 2 aromatic rings. The van der Waals surface area contributed by atoms with Gasteiger partial charge in [-0.1, -0.05) is 12.1 Å². The molecule has 4 nitrogen and oxygen atoms in total. The Morgan fingerprint density at radius 2 is 1.92 bits per heavy atom. The first-order valence-electron chi connectivity index (χ1n) is 3.58. The maximum Gasteiger partial charge on any atom is 0.132 e. The summed E-state index contributed by atoms with van der Waals surface area (Å²) >= 11 is -2.31. The van der Waals surface area contributed by atoms with Gasteiger partial charge >= 0.3 is 0 Å². The fourth-order valence-corrected chi connectivity index (χ4v) is 1.33. The molecule has 1 atom stereocenters. The van der Waals surface area contributed by atoms with Crippen molar-refractivity contribution in [2.45, 2.75) is 5.03 Å². The molecule has 2 rings (SSSR count). The lowest BCUT2D eigenvalue weighted by atomic mass is 10.3. The maximum absolute atomic E-state index is 10.5. The molecule has 13 heavy (non-hydrogen) atoms. The highest BCUT2D eigenvalue weighted by Gasteiger charge is 1.97. The molecule has 1 unspecified atom stereocenters. The van der Waals surface area contributed by atoms with Crippen molar-refractivity contribution in [1.82, 2.24) is 9.97 Å². The van der Waals surface area contributed by atoms with Gasteiger partial charge in [-0.3, -0.25) is 9.19 Å². The predicted molar refractivity (Wildman–Crippen MR) is 46.7 cm³/mol. The van der Waals surface area contributed by atoms with Crippen LogP contribution in [0.3, 0.4) is 0 Å². The van der Waals surface area contributed by atoms with Crippen molar-refractivity contribution in [2.24, 2.45) is 0 Å². The number of benzene rings is 1. The van der Waals surface area contributed by atoms with E-state index in [0.717, 1.165) is 0 Å². The number of hydrogen-bond donors (Lipinski definition) is 0. The maximum atomic E-state index is 10.5. The molecular formula is C8H5N2O2S-. The standard InChI is InChI=1S/C8H6N2O2S/c11-13(12)8-5-9-6-3-1-2-4-7(6)10-8/h1-5H,(H,11,12)/p-1. The number of fused-ring (bicyclic) bond motifs is 1. The molecule has 0 N–H and O–H groups in total. The van der Waals surface area contributed by atoms with Crippen molar-refractivity contribution in [3.05, 3.63) is 30.5 Å². The summed E-state index contributed by atoms with van der Waals surface area (Å²) < 4.78 is 21.1. The van der Waals surface area contributed by atoms with Crippen LogP contribution < -0.4 is 0 Å². The lowest BCUT2D eigenvalue weighted by Crippen LogP contribution is -1.95. The van der Waals surface area contributed by atoms with Crippen molar-refractivity contribution < 1.29 is 8.76 Å². The highest BCUT2D eigenvalue weighted by Crippen LogP contribution is 2.09. The van der Waals surface area contributed by atoms with E-state index in [2.05, 4.69) is 9.97 Å². The van der Waals surface area contributed by atoms with E-state index in [1.807, 2.05) is 6.07 Å². The number of nitrogens with zero attached hydrogens (tertiary/aromatic N) is 2. The van der Waals surface area contributed by atoms with Gasteiger partial charge in [-0.15, -0.1) is 0 Å². The zero-order chi connectivity index (χ0) is 9.26. The average Bonchev–Trinajstić information content (AvgIpc) is 2.17. The van der Waals surface area contributed by atoms with E-state index in [9.17, 15) is 8.76 Å². The molecule has 66 valence electrons. The first kappa shape index (κ1) is 8.28. The molecule has 0 aliphatic rings. The molecule has 0 aliphatic heterocycles. The molecule has 0 spiro atoms. The second-order valence-corrected chi connectivity index (χ2v) is 3.32. The van der Waals surface area contributed by atoms with Crippen LogP contribution in [0.2, 0.25) is 0 Å². The Kier molecular flexibility index (Phi) is 2.03. The molecule has 1 aromatic carbocycles. The third kappa shape index (κ3) is 1.56. The van der Waals surface area contributed by atoms with Gasteiger partial charge in [0.1, 0.15) is 5.03 Å². The van der Waals surface area contributed by atoms with Gasteiger partial charge in [-0.2, -0.15) is 0 Å². The molecule has 5 heteroatoms. The Hall–Kier alpha value is -1.33. The number of rotatable bonds is 1. The minimum atomic E-state index is -2.31. The Morgan fingerprint density at radius 3 is 2.62 bits per heavy atom. The van der Waals surface area contributed by atoms with E-state index in [4.69, 9.17) is 0 Å². The van der Waals surface area contributed by atoms with Crippen LogP contribution in [0.4, 0.5) is 0 Å². The fraction of sp³-hybridized carbons (Fsp3) is 0. The summed E-state index contributed by atoms with van der Waals surface area (Å²) in [5.41, 5.74) is 1.28. The van der Waals surface area contributed by atoms with Crippen molar-refractivity contribution >= 4 is 22.1 Å². The van der Waals surface area contributed by atoms with Gasteiger partial charge in [0.25, 0.3) is 0 Å². The lowest BCUT2D eigenvalue weighted by Gasteiger charge is -2.03. The Labute approximate surface area is 76.9 Å². The second-order valence-electron chi connectivity index (χ2n) is 2.43. The lowest BCUT2D eigenvalue weighted by molar-refractivity contribution is 0.533. The molecule has 1 aromatic heterocycles. The van der Waals surface area contributed by atoms with E-state index >= 15 is 0 Å². The van der Waals surface area contributed by atoms with Crippen LogP contribution in [-0.2, 0) is 11.1 Å². The van der Waals surface area contributed by atoms with Crippen LogP contribution in [0.25, 0.3) is 11.0 Å². The van der Waals surface area contributed by atoms with Gasteiger partial charge in [0.15, 0.2) is 0 Å². The zero-order valence-corrected chi connectivity index (χ0v) is 7.32. The van der Waals surface area contributed by atoms with Crippen molar-refractivity contribution in [2.75, 3.05) is 0 Å². The summed E-state index contributed by atoms with van der Waals surface area (Å²) in [5.74, 6) is 0. The normalized spacial score (nSPS) is 13.0. The van der Waals surface area contributed by atoms with Gasteiger partial charge < -0.3 is 4.55 Å². The summed E-state index contributed by atoms with van der Waals surface area (Å²) in [6.45, 7) is 0. The number of aromatic nitrogens is 2. The first-order chi connectivity index (χ1) is 6.27. The van der Waals surface area contributed by atoms with Crippen LogP contribution in [0.5, 0.6) is 0 Å². The van der Waals surface area contributed by atoms with Crippen molar-refractivity contribution in [1.29, 1.82) is 0 Å². The summed E-state index contributed by atoms with van der Waals surface area (Å²) in [6.07, 6.45) is 1.24. The first-order valence-corrected chi connectivity index (χ1v) is 4.66. The van der Waals surface area contributed by atoms with Crippen LogP contribution in [-0.4, -0.2) is 18.7 Å². The van der Waals surface area contributed by atoms with Crippen LogP contribution >= 0.6 is 0 Å². The zero-order valence-electron chi connectivity index (χ0n) is 6.51. The van der Waals surface area contributed by atoms with Crippen LogP contribution in [0.1, 0.15) is 0 Å². The van der Waals surface area contributed by atoms with E-state index in [1.54, 1.807) is 18.2 Å². The predicted octanol–water partition coefficient (Wildman–Crippen LogP) is 0.868. The highest BCUT2D eigenvalue weighted by molar-refractivity contribution is 7.79. The van der Waals surface area contributed by atoms with Gasteiger partial charge in [0, 0.05) is 0 Å². The molecule has 0 saturated carbocycles. The van der Waals surface area contributed by atoms with Crippen molar-refractivity contribution in [3.63, 3.8) is 0 Å². The average molecular weight is 193 g/mol. The highest BCUT2D eigenvalue weighted by atomic mass is 32.2. The molecule has 0 fully saturated rings. The molecule has 0 aliphatic carbocycles. The second kappa shape index (κ2) is 3.20. The fourth-order valence-electron chi connectivity index (χ4n) is 1.02. The van der Waals surface area contributed by atoms with Gasteiger partial charge in [-0.05, 0) is 23.2 Å². The number of hydrogen-bond acceptors (Lipinski definition) is 4. The summed E-state index contributed by atoms with van der Waals surface area (Å²) in [7, 11) is 0. The third-order valence-electron chi connectivity index (χ3n) is 1.60. The van der Waals surface area contributed by atoms with Crippen molar-refractivity contribution in [3.8, 4) is 0 Å². The molecule has 0 radical (unpaired) electrons. The summed E-state index contributed by atoms with van der Waals surface area (Å²) in [4.78, 5) is 7.85. The minimum absolute atomic E-state index is 0.0290. The molecule has 0 saturated heterocycles. The molecule has 0 bridgehead atoms. The van der Waals surface area contributed by atoms with E-state index in [0.29, 0.717) is 11.0 Å². The largest absolute Gasteiger partial charge is 0.767 e. The van der Waals surface area contributed by atoms with E-state index in [1.165, 1.54) is 6.20 Å². The summed E-state index contributed by atoms with van der Waals surface area (Å²) in [6, 6.07) is 7.11. The van der Waals surface area contributed by atoms with Crippen LogP contribution in [0, 0.1) is 0 Å². The molecule has 0 amide bonds. The molecule has 1 heterocycles. The topological polar surface area (TPSA) is 65.9 Å². The van der Waals surface area contributed by atoms with Crippen LogP contribution in [0.15, 0.2) is 35.5 Å². The number of para-hydroxylation sites is 2. The Balaban J connectivity index is 2.69. The Morgan fingerprint density at radius 1 is 1.23 bits per heavy atom. The van der Waals surface area contributed by atoms with E-state index < -0.39 is 11.1 Å². The molecular weight excluding hydrogens is 188 g/mol. The summed E-state index contributed by atoms with van der Waals surface area (Å²) in [5, 5.41) is -0.0290. The monoisotopic (exact) mass is 193 g/mol.